The van der Waals surface area contributed by atoms with Crippen molar-refractivity contribution in [3.63, 3.8) is 0 Å². The number of benzene rings is 6. The molecule has 0 saturated carbocycles. The summed E-state index contributed by atoms with van der Waals surface area (Å²) >= 11 is 0. The van der Waals surface area contributed by atoms with Gasteiger partial charge in [-0.05, 0) is 132 Å². The van der Waals surface area contributed by atoms with Crippen LogP contribution in [0.15, 0.2) is 121 Å². The first-order valence-corrected chi connectivity index (χ1v) is 21.0. The largest absolute Gasteiger partial charge is 0.494 e. The first kappa shape index (κ1) is 39.0. The predicted molar refractivity (Wildman–Crippen MR) is 234 cm³/mol. The molecule has 6 heteroatoms. The molecule has 0 unspecified atom stereocenters. The number of hydrogen-bond donors (Lipinski definition) is 0. The topological polar surface area (TPSA) is 55.4 Å². The second-order valence-corrected chi connectivity index (χ2v) is 15.3. The van der Waals surface area contributed by atoms with Gasteiger partial charge in [0.2, 0.25) is 0 Å². The Balaban J connectivity index is 1.31. The van der Waals surface area contributed by atoms with Crippen LogP contribution in [-0.2, 0) is 10.8 Å². The van der Waals surface area contributed by atoms with E-state index in [0.717, 1.165) is 104 Å². The van der Waals surface area contributed by atoms with Crippen molar-refractivity contribution in [3.8, 4) is 34.5 Å². The van der Waals surface area contributed by atoms with Crippen molar-refractivity contribution < 1.29 is 28.4 Å². The highest BCUT2D eigenvalue weighted by atomic mass is 16.5. The molecule has 6 aromatic carbocycles. The SMILES string of the molecule is CCCOc1ccc(C2(c3ccc(OCCC)cc3)C=c3c(ccc4c5c(ccc34)OCC(c3ccc(OCCC)cc3)(c3ccc(OCCC)cc3)C=5)OC2)cc1. The van der Waals surface area contributed by atoms with E-state index in [4.69, 9.17) is 28.4 Å². The number of hydrogen-bond acceptors (Lipinski definition) is 6. The van der Waals surface area contributed by atoms with Crippen molar-refractivity contribution in [3.05, 3.63) is 154 Å². The van der Waals surface area contributed by atoms with Gasteiger partial charge in [-0.2, -0.15) is 0 Å². The van der Waals surface area contributed by atoms with Crippen molar-refractivity contribution >= 4 is 22.9 Å². The number of rotatable bonds is 16. The highest BCUT2D eigenvalue weighted by molar-refractivity contribution is 5.90. The summed E-state index contributed by atoms with van der Waals surface area (Å²) in [5, 5.41) is 4.33. The van der Waals surface area contributed by atoms with Gasteiger partial charge in [-0.3, -0.25) is 0 Å². The summed E-state index contributed by atoms with van der Waals surface area (Å²) < 4.78 is 37.6. The average molecular weight is 775 g/mol. The van der Waals surface area contributed by atoms with Gasteiger partial charge in [0.15, 0.2) is 0 Å². The molecular weight excluding hydrogens is 721 g/mol. The van der Waals surface area contributed by atoms with E-state index in [-0.39, 0.29) is 0 Å². The monoisotopic (exact) mass is 774 g/mol. The second-order valence-electron chi connectivity index (χ2n) is 15.3. The summed E-state index contributed by atoms with van der Waals surface area (Å²) in [6, 6.07) is 42.6. The Kier molecular flexibility index (Phi) is 11.6. The lowest BCUT2D eigenvalue weighted by Crippen LogP contribution is -2.40. The highest BCUT2D eigenvalue weighted by Gasteiger charge is 2.38. The normalized spacial score (nSPS) is 14.8. The Bertz CT molecular complexity index is 2160. The lowest BCUT2D eigenvalue weighted by atomic mass is 9.72. The molecule has 0 fully saturated rings. The van der Waals surface area contributed by atoms with E-state index in [1.165, 1.54) is 0 Å². The fourth-order valence-electron chi connectivity index (χ4n) is 8.20. The van der Waals surface area contributed by atoms with E-state index >= 15 is 0 Å². The fraction of sp³-hybridized carbons (Fsp3) is 0.308. The molecule has 0 atom stereocenters. The third-order valence-corrected chi connectivity index (χ3v) is 11.3. The van der Waals surface area contributed by atoms with Crippen LogP contribution in [0.2, 0.25) is 0 Å². The van der Waals surface area contributed by atoms with E-state index in [2.05, 4.69) is 161 Å². The summed E-state index contributed by atoms with van der Waals surface area (Å²) in [4.78, 5) is 0. The van der Waals surface area contributed by atoms with Crippen LogP contribution in [0.5, 0.6) is 34.5 Å². The quantitative estimate of drug-likeness (QED) is 0.0976. The third kappa shape index (κ3) is 7.60. The van der Waals surface area contributed by atoms with Gasteiger partial charge in [-0.15, -0.1) is 0 Å². The molecule has 58 heavy (non-hydrogen) atoms. The maximum Gasteiger partial charge on any atom is 0.126 e. The molecule has 0 amide bonds. The second kappa shape index (κ2) is 17.3. The fourth-order valence-corrected chi connectivity index (χ4v) is 8.20. The first-order chi connectivity index (χ1) is 28.5. The molecule has 2 aliphatic heterocycles. The minimum atomic E-state index is -0.573. The summed E-state index contributed by atoms with van der Waals surface area (Å²) in [6.07, 6.45) is 8.64. The average Bonchev–Trinajstić information content (AvgIpc) is 3.28. The van der Waals surface area contributed by atoms with Crippen LogP contribution in [-0.4, -0.2) is 39.6 Å². The van der Waals surface area contributed by atoms with Gasteiger partial charge >= 0.3 is 0 Å². The van der Waals surface area contributed by atoms with Crippen LogP contribution < -0.4 is 38.9 Å². The zero-order chi connectivity index (χ0) is 40.0. The summed E-state index contributed by atoms with van der Waals surface area (Å²) in [5.74, 6) is 5.18. The highest BCUT2D eigenvalue weighted by Crippen LogP contribution is 2.41. The van der Waals surface area contributed by atoms with Gasteiger partial charge in [0, 0.05) is 10.4 Å². The third-order valence-electron chi connectivity index (χ3n) is 11.3. The number of ether oxygens (including phenoxy) is 6. The Morgan fingerprint density at radius 1 is 0.379 bits per heavy atom. The van der Waals surface area contributed by atoms with Gasteiger partial charge in [-0.25, -0.2) is 0 Å². The molecule has 6 aromatic rings. The molecule has 0 saturated heterocycles. The lowest BCUT2D eigenvalue weighted by Gasteiger charge is -2.36. The zero-order valence-corrected chi connectivity index (χ0v) is 34.2. The first-order valence-electron chi connectivity index (χ1n) is 21.0. The molecule has 2 aliphatic rings. The Morgan fingerprint density at radius 3 is 0.914 bits per heavy atom. The Morgan fingerprint density at radius 2 is 0.655 bits per heavy atom. The van der Waals surface area contributed by atoms with Crippen LogP contribution >= 0.6 is 0 Å². The Labute approximate surface area is 342 Å². The minimum Gasteiger partial charge on any atom is -0.494 e. The van der Waals surface area contributed by atoms with Gasteiger partial charge in [-0.1, -0.05) is 88.4 Å². The van der Waals surface area contributed by atoms with Crippen LogP contribution in [0.1, 0.15) is 75.6 Å². The van der Waals surface area contributed by atoms with Crippen molar-refractivity contribution in [2.75, 3.05) is 39.6 Å². The lowest BCUT2D eigenvalue weighted by molar-refractivity contribution is 0.265. The van der Waals surface area contributed by atoms with Gasteiger partial charge in [0.05, 0.1) is 37.3 Å². The summed E-state index contributed by atoms with van der Waals surface area (Å²) in [5.41, 5.74) is 3.38. The summed E-state index contributed by atoms with van der Waals surface area (Å²) in [6.45, 7) is 12.1. The molecule has 298 valence electrons. The van der Waals surface area contributed by atoms with Gasteiger partial charge < -0.3 is 28.4 Å². The van der Waals surface area contributed by atoms with Crippen molar-refractivity contribution in [1.82, 2.24) is 0 Å². The maximum absolute atomic E-state index is 6.79. The molecule has 0 bridgehead atoms. The molecule has 8 rings (SSSR count). The van der Waals surface area contributed by atoms with E-state index in [9.17, 15) is 0 Å². The van der Waals surface area contributed by atoms with E-state index < -0.39 is 10.8 Å². The minimum absolute atomic E-state index is 0.453. The van der Waals surface area contributed by atoms with Crippen LogP contribution in [0.25, 0.3) is 22.9 Å². The van der Waals surface area contributed by atoms with Crippen molar-refractivity contribution in [2.24, 2.45) is 0 Å². The van der Waals surface area contributed by atoms with Gasteiger partial charge in [0.1, 0.15) is 47.7 Å². The smallest absolute Gasteiger partial charge is 0.126 e. The van der Waals surface area contributed by atoms with Crippen LogP contribution in [0, 0.1) is 0 Å². The van der Waals surface area contributed by atoms with Gasteiger partial charge in [0.25, 0.3) is 0 Å². The van der Waals surface area contributed by atoms with E-state index in [1.54, 1.807) is 0 Å². The molecule has 0 radical (unpaired) electrons. The zero-order valence-electron chi connectivity index (χ0n) is 34.2. The molecule has 0 aromatic heterocycles. The molecule has 0 N–H and O–H groups in total. The molecule has 0 aliphatic carbocycles. The van der Waals surface area contributed by atoms with Crippen molar-refractivity contribution in [1.29, 1.82) is 0 Å². The van der Waals surface area contributed by atoms with Crippen LogP contribution in [0.3, 0.4) is 0 Å². The molecule has 6 nitrogen and oxygen atoms in total. The Hall–Kier alpha value is -5.88. The predicted octanol–water partition coefficient (Wildman–Crippen LogP) is 10.3. The molecule has 2 heterocycles. The standard InChI is InChI=1S/C52H54O6/c1-5-29-53-41-17-9-37(10-18-41)51(38-11-19-42(20-12-38)54-30-6-2)33-47-45-25-28-50-48(46(45)26-27-49(47)57-35-51)34-52(36-58-50,39-13-21-43(22-14-39)55-31-7-3)40-15-23-44(24-16-40)56-32-8-4/h9-28,33-34H,5-8,29-32,35-36H2,1-4H3. The van der Waals surface area contributed by atoms with Crippen LogP contribution in [0.4, 0.5) is 0 Å². The van der Waals surface area contributed by atoms with E-state index in [1.807, 2.05) is 0 Å². The van der Waals surface area contributed by atoms with E-state index in [0.29, 0.717) is 39.6 Å². The molecular formula is C52H54O6. The number of fused-ring (bicyclic) bond motifs is 5. The summed E-state index contributed by atoms with van der Waals surface area (Å²) in [7, 11) is 0. The van der Waals surface area contributed by atoms with Crippen molar-refractivity contribution in [2.45, 2.75) is 64.2 Å². The maximum atomic E-state index is 6.79. The molecule has 0 spiro atoms.